The lowest BCUT2D eigenvalue weighted by Gasteiger charge is -2.11. The summed E-state index contributed by atoms with van der Waals surface area (Å²) in [6, 6.07) is 10.4. The lowest BCUT2D eigenvalue weighted by Crippen LogP contribution is -2.15. The molecule has 4 rings (SSSR count). The minimum absolute atomic E-state index is 0.0162. The molecule has 0 atom stereocenters. The van der Waals surface area contributed by atoms with Crippen LogP contribution < -0.4 is 10.1 Å². The topological polar surface area (TPSA) is 46.5 Å². The first-order valence-electron chi connectivity index (χ1n) is 8.66. The number of benzene rings is 2. The van der Waals surface area contributed by atoms with Gasteiger partial charge in [0.1, 0.15) is 17.4 Å². The summed E-state index contributed by atoms with van der Waals surface area (Å²) in [5, 5.41) is 6.08. The number of nitrogens with one attached hydrogen (secondary N) is 1. The predicted octanol–water partition coefficient (Wildman–Crippen LogP) is 5.87. The van der Waals surface area contributed by atoms with E-state index < -0.39 is 11.6 Å². The maximum absolute atomic E-state index is 13.7. The standard InChI is InChI=1S/C20H17F2N3OS/c21-14-6-9-18(16(22)11-14)26-15-7-4-13(5-8-15)17-12-27-20(24-17)25-19-3-1-2-10-23-19/h4-9,11-12H,1-3,10H2,(H,23,24,25). The normalized spacial score (nSPS) is 13.9. The molecule has 7 heteroatoms. The zero-order chi connectivity index (χ0) is 18.6. The number of halogens is 2. The van der Waals surface area contributed by atoms with E-state index in [1.165, 1.54) is 17.4 Å². The molecule has 138 valence electrons. The van der Waals surface area contributed by atoms with Gasteiger partial charge < -0.3 is 10.1 Å². The van der Waals surface area contributed by atoms with E-state index in [1.54, 1.807) is 12.1 Å². The van der Waals surface area contributed by atoms with Crippen LogP contribution >= 0.6 is 11.3 Å². The van der Waals surface area contributed by atoms with Crippen molar-refractivity contribution < 1.29 is 13.5 Å². The highest BCUT2D eigenvalue weighted by Crippen LogP contribution is 2.29. The second-order valence-electron chi connectivity index (χ2n) is 6.15. The fourth-order valence-corrected chi connectivity index (χ4v) is 3.51. The molecule has 4 nitrogen and oxygen atoms in total. The lowest BCUT2D eigenvalue weighted by molar-refractivity contribution is 0.438. The molecule has 0 amide bonds. The van der Waals surface area contributed by atoms with Crippen molar-refractivity contribution in [3.8, 4) is 22.8 Å². The van der Waals surface area contributed by atoms with E-state index in [0.717, 1.165) is 60.2 Å². The number of rotatable bonds is 4. The molecular weight excluding hydrogens is 368 g/mol. The molecule has 0 unspecified atom stereocenters. The molecule has 2 aromatic carbocycles. The highest BCUT2D eigenvalue weighted by Gasteiger charge is 2.10. The van der Waals surface area contributed by atoms with Crippen LogP contribution in [-0.2, 0) is 0 Å². The highest BCUT2D eigenvalue weighted by atomic mass is 32.1. The van der Waals surface area contributed by atoms with E-state index in [9.17, 15) is 8.78 Å². The van der Waals surface area contributed by atoms with E-state index in [-0.39, 0.29) is 5.75 Å². The molecular formula is C20H17F2N3OS. The summed E-state index contributed by atoms with van der Waals surface area (Å²) in [4.78, 5) is 9.07. The number of amidine groups is 1. The Kier molecular flexibility index (Phi) is 5.11. The molecule has 27 heavy (non-hydrogen) atoms. The second-order valence-corrected chi connectivity index (χ2v) is 7.01. The van der Waals surface area contributed by atoms with Gasteiger partial charge in [-0.1, -0.05) is 0 Å². The Hall–Kier alpha value is -2.80. The first kappa shape index (κ1) is 17.6. The summed E-state index contributed by atoms with van der Waals surface area (Å²) >= 11 is 1.53. The molecule has 1 N–H and O–H groups in total. The molecule has 0 spiro atoms. The smallest absolute Gasteiger partial charge is 0.188 e. The number of thiazole rings is 1. The van der Waals surface area contributed by atoms with Gasteiger partial charge in [0.25, 0.3) is 0 Å². The molecule has 0 bridgehead atoms. The van der Waals surface area contributed by atoms with Gasteiger partial charge in [0.2, 0.25) is 0 Å². The lowest BCUT2D eigenvalue weighted by atomic mass is 10.2. The van der Waals surface area contributed by atoms with Crippen molar-refractivity contribution in [3.63, 3.8) is 0 Å². The number of anilines is 1. The Morgan fingerprint density at radius 2 is 1.89 bits per heavy atom. The Bertz CT molecular complexity index is 970. The van der Waals surface area contributed by atoms with E-state index in [0.29, 0.717) is 5.75 Å². The molecule has 3 aromatic rings. The fourth-order valence-electron chi connectivity index (χ4n) is 2.77. The Morgan fingerprint density at radius 1 is 1.04 bits per heavy atom. The van der Waals surface area contributed by atoms with Crippen molar-refractivity contribution in [1.29, 1.82) is 0 Å². The van der Waals surface area contributed by atoms with E-state index in [2.05, 4.69) is 15.3 Å². The van der Waals surface area contributed by atoms with Crippen LogP contribution in [0.4, 0.5) is 13.9 Å². The summed E-state index contributed by atoms with van der Waals surface area (Å²) in [5.74, 6) is 0.0708. The Labute approximate surface area is 159 Å². The highest BCUT2D eigenvalue weighted by molar-refractivity contribution is 7.14. The molecule has 0 saturated heterocycles. The van der Waals surface area contributed by atoms with Crippen LogP contribution in [-0.4, -0.2) is 17.4 Å². The summed E-state index contributed by atoms with van der Waals surface area (Å²) in [7, 11) is 0. The van der Waals surface area contributed by atoms with Gasteiger partial charge in [-0.15, -0.1) is 11.3 Å². The van der Waals surface area contributed by atoms with Crippen LogP contribution in [0.5, 0.6) is 11.5 Å². The summed E-state index contributed by atoms with van der Waals surface area (Å²) < 4.78 is 32.1. The van der Waals surface area contributed by atoms with Crippen LogP contribution in [0.3, 0.4) is 0 Å². The minimum atomic E-state index is -0.736. The largest absolute Gasteiger partial charge is 0.454 e. The third-order valence-corrected chi connectivity index (χ3v) is 4.91. The minimum Gasteiger partial charge on any atom is -0.454 e. The Morgan fingerprint density at radius 3 is 2.63 bits per heavy atom. The molecule has 0 aliphatic carbocycles. The average Bonchev–Trinajstić information content (AvgIpc) is 3.14. The number of hydrogen-bond donors (Lipinski definition) is 1. The van der Waals surface area contributed by atoms with E-state index in [1.807, 2.05) is 17.5 Å². The molecule has 0 saturated carbocycles. The first-order chi connectivity index (χ1) is 13.2. The third kappa shape index (κ3) is 4.31. The van der Waals surface area contributed by atoms with Crippen LogP contribution in [0.2, 0.25) is 0 Å². The quantitative estimate of drug-likeness (QED) is 0.610. The van der Waals surface area contributed by atoms with Gasteiger partial charge in [-0.05, 0) is 49.2 Å². The zero-order valence-corrected chi connectivity index (χ0v) is 15.2. The summed E-state index contributed by atoms with van der Waals surface area (Å²) in [6.07, 6.45) is 3.26. The van der Waals surface area contributed by atoms with Crippen molar-refractivity contribution in [2.45, 2.75) is 19.3 Å². The zero-order valence-electron chi connectivity index (χ0n) is 14.4. The van der Waals surface area contributed by atoms with Crippen molar-refractivity contribution in [2.24, 2.45) is 4.99 Å². The fraction of sp³-hybridized carbons (Fsp3) is 0.200. The van der Waals surface area contributed by atoms with Crippen LogP contribution in [0, 0.1) is 11.6 Å². The van der Waals surface area contributed by atoms with Gasteiger partial charge in [0, 0.05) is 30.0 Å². The molecule has 1 aromatic heterocycles. The molecule has 0 radical (unpaired) electrons. The Balaban J connectivity index is 1.45. The average molecular weight is 385 g/mol. The molecule has 1 aliphatic rings. The SMILES string of the molecule is Fc1ccc(Oc2ccc(-c3csc(NC4=NCCCC4)n3)cc2)c(F)c1. The third-order valence-electron chi connectivity index (χ3n) is 4.15. The maximum atomic E-state index is 13.7. The van der Waals surface area contributed by atoms with Crippen molar-refractivity contribution in [3.05, 3.63) is 59.5 Å². The van der Waals surface area contributed by atoms with Gasteiger partial charge in [-0.3, -0.25) is 4.99 Å². The summed E-state index contributed by atoms with van der Waals surface area (Å²) in [5.41, 5.74) is 1.77. The predicted molar refractivity (Wildman–Crippen MR) is 104 cm³/mol. The molecule has 1 aliphatic heterocycles. The van der Waals surface area contributed by atoms with Gasteiger partial charge in [-0.25, -0.2) is 13.8 Å². The number of aliphatic imine (C=N–C) groups is 1. The van der Waals surface area contributed by atoms with Crippen molar-refractivity contribution in [1.82, 2.24) is 4.98 Å². The first-order valence-corrected chi connectivity index (χ1v) is 9.54. The van der Waals surface area contributed by atoms with Crippen LogP contribution in [0.1, 0.15) is 19.3 Å². The number of aromatic nitrogens is 1. The molecule has 2 heterocycles. The van der Waals surface area contributed by atoms with Crippen molar-refractivity contribution in [2.75, 3.05) is 11.9 Å². The van der Waals surface area contributed by atoms with Gasteiger partial charge >= 0.3 is 0 Å². The second kappa shape index (κ2) is 7.84. The number of hydrogen-bond acceptors (Lipinski definition) is 5. The molecule has 0 fully saturated rings. The van der Waals surface area contributed by atoms with Gasteiger partial charge in [0.15, 0.2) is 16.7 Å². The van der Waals surface area contributed by atoms with Crippen molar-refractivity contribution >= 4 is 22.3 Å². The van der Waals surface area contributed by atoms with Gasteiger partial charge in [-0.2, -0.15) is 0 Å². The van der Waals surface area contributed by atoms with Gasteiger partial charge in [0.05, 0.1) is 5.69 Å². The van der Waals surface area contributed by atoms with E-state index in [4.69, 9.17) is 4.74 Å². The summed E-state index contributed by atoms with van der Waals surface area (Å²) in [6.45, 7) is 0.872. The van der Waals surface area contributed by atoms with Crippen LogP contribution in [0.15, 0.2) is 52.8 Å². The van der Waals surface area contributed by atoms with E-state index >= 15 is 0 Å². The number of ether oxygens (including phenoxy) is 1. The van der Waals surface area contributed by atoms with Crippen LogP contribution in [0.25, 0.3) is 11.3 Å². The monoisotopic (exact) mass is 385 g/mol. The maximum Gasteiger partial charge on any atom is 0.188 e. The number of nitrogens with zero attached hydrogens (tertiary/aromatic N) is 2.